The second-order valence-electron chi connectivity index (χ2n) is 4.00. The fourth-order valence-electron chi connectivity index (χ4n) is 2.08. The summed E-state index contributed by atoms with van der Waals surface area (Å²) >= 11 is 0. The van der Waals surface area contributed by atoms with Crippen LogP contribution in [0.3, 0.4) is 0 Å². The van der Waals surface area contributed by atoms with Crippen LogP contribution in [0.4, 0.5) is 0 Å². The van der Waals surface area contributed by atoms with Crippen LogP contribution < -0.4 is 0 Å². The largest absolute Gasteiger partial charge is 0.358 e. The lowest BCUT2D eigenvalue weighted by molar-refractivity contribution is -0.112. The number of aldehydes is 1. The topological polar surface area (TPSA) is 29.6 Å². The molecule has 1 saturated heterocycles. The standard InChI is InChI=1S/C10H14O2/c1-7(2)8-3-4-10(6-11)9(5-8)12-10/h6,8-9H,1,3-5H2,2H3/t8-,9?,10?/m0/s1. The lowest BCUT2D eigenvalue weighted by Crippen LogP contribution is -2.25. The predicted octanol–water partition coefficient (Wildman–Crippen LogP) is 1.70. The first kappa shape index (κ1) is 7.99. The molecule has 12 heavy (non-hydrogen) atoms. The highest BCUT2D eigenvalue weighted by Crippen LogP contribution is 2.49. The minimum Gasteiger partial charge on any atom is -0.358 e. The average Bonchev–Trinajstić information content (AvgIpc) is 2.77. The molecule has 2 unspecified atom stereocenters. The van der Waals surface area contributed by atoms with Crippen LogP contribution >= 0.6 is 0 Å². The molecule has 3 atom stereocenters. The Morgan fingerprint density at radius 3 is 3.00 bits per heavy atom. The normalized spacial score (nSPS) is 44.8. The Labute approximate surface area is 72.6 Å². The van der Waals surface area contributed by atoms with Gasteiger partial charge >= 0.3 is 0 Å². The number of carbonyl (C=O) groups excluding carboxylic acids is 1. The van der Waals surface area contributed by atoms with Crippen molar-refractivity contribution < 1.29 is 9.53 Å². The zero-order valence-corrected chi connectivity index (χ0v) is 7.38. The van der Waals surface area contributed by atoms with Gasteiger partial charge in [0, 0.05) is 0 Å². The Bertz CT molecular complexity index is 234. The molecule has 0 bridgehead atoms. The zero-order valence-electron chi connectivity index (χ0n) is 7.38. The molecule has 0 radical (unpaired) electrons. The van der Waals surface area contributed by atoms with Crippen LogP contribution in [-0.4, -0.2) is 18.0 Å². The fourth-order valence-corrected chi connectivity index (χ4v) is 2.08. The second kappa shape index (κ2) is 2.43. The Balaban J connectivity index is 2.00. The summed E-state index contributed by atoms with van der Waals surface area (Å²) in [5.74, 6) is 0.575. The van der Waals surface area contributed by atoms with Gasteiger partial charge in [-0.1, -0.05) is 12.2 Å². The van der Waals surface area contributed by atoms with Crippen molar-refractivity contribution in [3.05, 3.63) is 12.2 Å². The maximum atomic E-state index is 10.7. The van der Waals surface area contributed by atoms with Gasteiger partial charge in [-0.2, -0.15) is 0 Å². The van der Waals surface area contributed by atoms with Gasteiger partial charge in [0.1, 0.15) is 5.60 Å². The van der Waals surface area contributed by atoms with E-state index in [1.807, 2.05) is 0 Å². The lowest BCUT2D eigenvalue weighted by Gasteiger charge is -2.21. The second-order valence-corrected chi connectivity index (χ2v) is 4.00. The summed E-state index contributed by atoms with van der Waals surface area (Å²) in [4.78, 5) is 10.7. The summed E-state index contributed by atoms with van der Waals surface area (Å²) in [5, 5.41) is 0. The van der Waals surface area contributed by atoms with Crippen molar-refractivity contribution in [3.63, 3.8) is 0 Å². The van der Waals surface area contributed by atoms with Crippen LogP contribution in [0.1, 0.15) is 26.2 Å². The summed E-state index contributed by atoms with van der Waals surface area (Å²) in [6.07, 6.45) is 4.12. The van der Waals surface area contributed by atoms with E-state index in [0.717, 1.165) is 25.5 Å². The Kier molecular flexibility index (Phi) is 1.62. The summed E-state index contributed by atoms with van der Waals surface area (Å²) in [7, 11) is 0. The van der Waals surface area contributed by atoms with Gasteiger partial charge in [-0.15, -0.1) is 0 Å². The van der Waals surface area contributed by atoms with Gasteiger partial charge in [0.25, 0.3) is 0 Å². The molecule has 1 aliphatic carbocycles. The highest BCUT2D eigenvalue weighted by Gasteiger charge is 2.59. The molecule has 0 aromatic rings. The first-order valence-electron chi connectivity index (χ1n) is 4.47. The monoisotopic (exact) mass is 166 g/mol. The SMILES string of the molecule is C=C(C)[C@H]1CCC2(C=O)OC2C1. The number of allylic oxidation sites excluding steroid dienone is 1. The Morgan fingerprint density at radius 2 is 2.50 bits per heavy atom. The van der Waals surface area contributed by atoms with E-state index in [-0.39, 0.29) is 11.7 Å². The number of ether oxygens (including phenoxy) is 1. The van der Waals surface area contributed by atoms with Gasteiger partial charge in [0.2, 0.25) is 0 Å². The third-order valence-electron chi connectivity index (χ3n) is 3.13. The molecule has 1 saturated carbocycles. The number of hydrogen-bond acceptors (Lipinski definition) is 2. The highest BCUT2D eigenvalue weighted by molar-refractivity contribution is 5.68. The van der Waals surface area contributed by atoms with E-state index in [2.05, 4.69) is 13.5 Å². The predicted molar refractivity (Wildman–Crippen MR) is 45.8 cm³/mol. The molecule has 0 amide bonds. The highest BCUT2D eigenvalue weighted by atomic mass is 16.6. The third kappa shape index (κ3) is 1.02. The average molecular weight is 166 g/mol. The molecule has 2 nitrogen and oxygen atoms in total. The number of rotatable bonds is 2. The molecule has 0 aromatic heterocycles. The molecule has 0 spiro atoms. The van der Waals surface area contributed by atoms with Crippen LogP contribution in [0.2, 0.25) is 0 Å². The van der Waals surface area contributed by atoms with Crippen LogP contribution in [-0.2, 0) is 9.53 Å². The van der Waals surface area contributed by atoms with Crippen molar-refractivity contribution in [2.24, 2.45) is 5.92 Å². The quantitative estimate of drug-likeness (QED) is 0.355. The van der Waals surface area contributed by atoms with E-state index in [1.54, 1.807) is 0 Å². The summed E-state index contributed by atoms with van der Waals surface area (Å²) < 4.78 is 5.39. The minimum atomic E-state index is -0.369. The van der Waals surface area contributed by atoms with Crippen molar-refractivity contribution >= 4 is 6.29 Å². The maximum Gasteiger partial charge on any atom is 0.154 e. The number of fused-ring (bicyclic) bond motifs is 1. The van der Waals surface area contributed by atoms with Gasteiger partial charge in [0.15, 0.2) is 6.29 Å². The molecule has 2 fully saturated rings. The molecular weight excluding hydrogens is 152 g/mol. The first-order valence-corrected chi connectivity index (χ1v) is 4.47. The van der Waals surface area contributed by atoms with Crippen molar-refractivity contribution in [1.82, 2.24) is 0 Å². The van der Waals surface area contributed by atoms with Gasteiger partial charge < -0.3 is 9.53 Å². The molecule has 0 aromatic carbocycles. The van der Waals surface area contributed by atoms with Crippen LogP contribution in [0.25, 0.3) is 0 Å². The molecule has 66 valence electrons. The molecule has 0 N–H and O–H groups in total. The molecular formula is C10H14O2. The van der Waals surface area contributed by atoms with Crippen molar-refractivity contribution in [2.45, 2.75) is 37.9 Å². The lowest BCUT2D eigenvalue weighted by atomic mass is 9.80. The molecule has 2 heteroatoms. The molecule has 2 aliphatic rings. The van der Waals surface area contributed by atoms with E-state index >= 15 is 0 Å². The van der Waals surface area contributed by atoms with E-state index in [1.165, 1.54) is 5.57 Å². The smallest absolute Gasteiger partial charge is 0.154 e. The van der Waals surface area contributed by atoms with Crippen LogP contribution in [0, 0.1) is 5.92 Å². The van der Waals surface area contributed by atoms with Crippen molar-refractivity contribution in [3.8, 4) is 0 Å². The van der Waals surface area contributed by atoms with Gasteiger partial charge in [-0.3, -0.25) is 0 Å². The zero-order chi connectivity index (χ0) is 8.77. The first-order chi connectivity index (χ1) is 5.68. The van der Waals surface area contributed by atoms with Crippen molar-refractivity contribution in [2.75, 3.05) is 0 Å². The number of hydrogen-bond donors (Lipinski definition) is 0. The van der Waals surface area contributed by atoms with Crippen molar-refractivity contribution in [1.29, 1.82) is 0 Å². The Morgan fingerprint density at radius 1 is 1.75 bits per heavy atom. The van der Waals surface area contributed by atoms with E-state index in [9.17, 15) is 4.79 Å². The molecule has 1 aliphatic heterocycles. The van der Waals surface area contributed by atoms with Crippen LogP contribution in [0.5, 0.6) is 0 Å². The van der Waals surface area contributed by atoms with E-state index in [4.69, 9.17) is 4.74 Å². The summed E-state index contributed by atoms with van der Waals surface area (Å²) in [5.41, 5.74) is 0.858. The van der Waals surface area contributed by atoms with Crippen LogP contribution in [0.15, 0.2) is 12.2 Å². The third-order valence-corrected chi connectivity index (χ3v) is 3.13. The minimum absolute atomic E-state index is 0.199. The molecule has 2 rings (SSSR count). The van der Waals surface area contributed by atoms with Gasteiger partial charge in [0.05, 0.1) is 6.10 Å². The summed E-state index contributed by atoms with van der Waals surface area (Å²) in [6, 6.07) is 0. The van der Waals surface area contributed by atoms with Gasteiger partial charge in [-0.25, -0.2) is 0 Å². The van der Waals surface area contributed by atoms with E-state index in [0.29, 0.717) is 5.92 Å². The fraction of sp³-hybridized carbons (Fsp3) is 0.700. The number of epoxide rings is 1. The Hall–Kier alpha value is -0.630. The van der Waals surface area contributed by atoms with E-state index < -0.39 is 0 Å². The maximum absolute atomic E-state index is 10.7. The number of carbonyl (C=O) groups is 1. The van der Waals surface area contributed by atoms with Gasteiger partial charge in [-0.05, 0) is 32.1 Å². The summed E-state index contributed by atoms with van der Waals surface area (Å²) in [6.45, 7) is 5.99. The molecule has 1 heterocycles.